The van der Waals surface area contributed by atoms with Gasteiger partial charge in [0, 0.05) is 0 Å². The van der Waals surface area contributed by atoms with E-state index in [1.54, 1.807) is 0 Å². The van der Waals surface area contributed by atoms with Crippen molar-refractivity contribution in [3.63, 3.8) is 0 Å². The molecule has 1 aromatic rings. The maximum Gasteiger partial charge on any atom is 0.237 e. The van der Waals surface area contributed by atoms with Crippen molar-refractivity contribution in [3.8, 4) is 5.75 Å². The molecule has 1 amide bonds. The Morgan fingerprint density at radius 2 is 1.84 bits per heavy atom. The molecule has 1 aromatic carbocycles. The number of amides is 1. The second-order valence-electron chi connectivity index (χ2n) is 5.30. The van der Waals surface area contributed by atoms with Gasteiger partial charge in [-0.05, 0) is 31.9 Å². The van der Waals surface area contributed by atoms with Gasteiger partial charge in [0.05, 0.1) is 12.1 Å². The molecule has 2 unspecified atom stereocenters. The molecule has 2 atom stereocenters. The quantitative estimate of drug-likeness (QED) is 0.824. The minimum absolute atomic E-state index is 0.0707. The minimum atomic E-state index is -0.471. The third-order valence-corrected chi connectivity index (χ3v) is 2.93. The van der Waals surface area contributed by atoms with Crippen molar-refractivity contribution in [2.45, 2.75) is 39.8 Å². The summed E-state index contributed by atoms with van der Waals surface area (Å²) < 4.78 is 5.61. The van der Waals surface area contributed by atoms with Crippen LogP contribution in [0.15, 0.2) is 24.3 Å². The van der Waals surface area contributed by atoms with Gasteiger partial charge in [-0.1, -0.05) is 31.5 Å². The van der Waals surface area contributed by atoms with E-state index in [1.165, 1.54) is 5.56 Å². The van der Waals surface area contributed by atoms with E-state index < -0.39 is 6.04 Å². The molecule has 0 aliphatic carbocycles. The fourth-order valence-electron chi connectivity index (χ4n) is 1.54. The number of rotatable bonds is 6. The lowest BCUT2D eigenvalue weighted by atomic mass is 10.0. The number of nitrogens with one attached hydrogen (secondary N) is 1. The largest absolute Gasteiger partial charge is 0.491 e. The third-order valence-electron chi connectivity index (χ3n) is 2.93. The highest BCUT2D eigenvalue weighted by atomic mass is 16.5. The second kappa shape index (κ2) is 7.14. The lowest BCUT2D eigenvalue weighted by molar-refractivity contribution is -0.124. The van der Waals surface area contributed by atoms with E-state index >= 15 is 0 Å². The summed E-state index contributed by atoms with van der Waals surface area (Å²) in [6, 6.07) is 7.29. The first-order valence-electron chi connectivity index (χ1n) is 6.65. The Morgan fingerprint density at radius 1 is 1.26 bits per heavy atom. The summed E-state index contributed by atoms with van der Waals surface area (Å²) >= 11 is 0. The summed E-state index contributed by atoms with van der Waals surface area (Å²) in [6.45, 7) is 8.22. The molecule has 0 saturated carbocycles. The van der Waals surface area contributed by atoms with Gasteiger partial charge in [-0.3, -0.25) is 4.79 Å². The van der Waals surface area contributed by atoms with Crippen molar-refractivity contribution in [1.29, 1.82) is 0 Å². The van der Waals surface area contributed by atoms with Gasteiger partial charge in [-0.2, -0.15) is 0 Å². The maximum absolute atomic E-state index is 11.8. The van der Waals surface area contributed by atoms with Crippen molar-refractivity contribution in [2.75, 3.05) is 6.61 Å². The number of nitrogens with two attached hydrogens (primary N) is 1. The normalized spacial score (nSPS) is 14.0. The van der Waals surface area contributed by atoms with Gasteiger partial charge in [0.15, 0.2) is 0 Å². The Morgan fingerprint density at radius 3 is 2.37 bits per heavy atom. The Balaban J connectivity index is 2.37. The zero-order valence-corrected chi connectivity index (χ0v) is 12.1. The summed E-state index contributed by atoms with van der Waals surface area (Å²) in [6.07, 6.45) is 0. The van der Waals surface area contributed by atoms with Crippen molar-refractivity contribution >= 4 is 5.91 Å². The number of benzene rings is 1. The van der Waals surface area contributed by atoms with E-state index in [0.717, 1.165) is 5.75 Å². The fourth-order valence-corrected chi connectivity index (χ4v) is 1.54. The van der Waals surface area contributed by atoms with Gasteiger partial charge in [-0.15, -0.1) is 0 Å². The fraction of sp³-hybridized carbons (Fsp3) is 0.533. The van der Waals surface area contributed by atoms with Crippen LogP contribution < -0.4 is 15.8 Å². The predicted octanol–water partition coefficient (Wildman–Crippen LogP) is 1.86. The molecule has 3 N–H and O–H groups in total. The van der Waals surface area contributed by atoms with Crippen LogP contribution in [-0.4, -0.2) is 24.6 Å². The topological polar surface area (TPSA) is 64.3 Å². The van der Waals surface area contributed by atoms with Gasteiger partial charge in [-0.25, -0.2) is 0 Å². The SMILES string of the molecule is Cc1ccc(OCC(C)NC(=O)C(N)C(C)C)cc1. The van der Waals surface area contributed by atoms with Crippen molar-refractivity contribution in [2.24, 2.45) is 11.7 Å². The molecule has 0 fully saturated rings. The van der Waals surface area contributed by atoms with E-state index in [-0.39, 0.29) is 17.9 Å². The first kappa shape index (κ1) is 15.5. The maximum atomic E-state index is 11.8. The van der Waals surface area contributed by atoms with E-state index in [4.69, 9.17) is 10.5 Å². The summed E-state index contributed by atoms with van der Waals surface area (Å²) in [5, 5.41) is 2.85. The first-order chi connectivity index (χ1) is 8.90. The molecular formula is C15H24N2O2. The molecule has 1 rings (SSSR count). The predicted molar refractivity (Wildman–Crippen MR) is 77.1 cm³/mol. The third kappa shape index (κ3) is 5.30. The second-order valence-corrected chi connectivity index (χ2v) is 5.30. The van der Waals surface area contributed by atoms with Crippen molar-refractivity contribution < 1.29 is 9.53 Å². The van der Waals surface area contributed by atoms with Crippen molar-refractivity contribution in [1.82, 2.24) is 5.32 Å². The van der Waals surface area contributed by atoms with Gasteiger partial charge >= 0.3 is 0 Å². The first-order valence-corrected chi connectivity index (χ1v) is 6.65. The molecule has 0 radical (unpaired) electrons. The highest BCUT2D eigenvalue weighted by Gasteiger charge is 2.18. The Labute approximate surface area is 115 Å². The van der Waals surface area contributed by atoms with Crippen LogP contribution in [0.5, 0.6) is 5.75 Å². The number of hydrogen-bond acceptors (Lipinski definition) is 3. The average molecular weight is 264 g/mol. The lowest BCUT2D eigenvalue weighted by Crippen LogP contribution is -2.48. The highest BCUT2D eigenvalue weighted by molar-refractivity contribution is 5.81. The molecule has 0 saturated heterocycles. The van der Waals surface area contributed by atoms with E-state index in [2.05, 4.69) is 5.32 Å². The zero-order valence-electron chi connectivity index (χ0n) is 12.1. The molecule has 0 aliphatic heterocycles. The van der Waals surface area contributed by atoms with Crippen LogP contribution in [0.1, 0.15) is 26.3 Å². The Bertz CT molecular complexity index is 401. The van der Waals surface area contributed by atoms with Crippen LogP contribution in [0, 0.1) is 12.8 Å². The smallest absolute Gasteiger partial charge is 0.237 e. The molecule has 0 heterocycles. The molecule has 19 heavy (non-hydrogen) atoms. The highest BCUT2D eigenvalue weighted by Crippen LogP contribution is 2.11. The molecule has 4 nitrogen and oxygen atoms in total. The van der Waals surface area contributed by atoms with Gasteiger partial charge in [0.1, 0.15) is 12.4 Å². The molecule has 0 aromatic heterocycles. The standard InChI is InChI=1S/C15H24N2O2/c1-10(2)14(16)15(18)17-12(4)9-19-13-7-5-11(3)6-8-13/h5-8,10,12,14H,9,16H2,1-4H3,(H,17,18). The molecule has 0 aliphatic rings. The number of carbonyl (C=O) groups is 1. The molecule has 106 valence electrons. The van der Waals surface area contributed by atoms with Crippen LogP contribution in [0.2, 0.25) is 0 Å². The van der Waals surface area contributed by atoms with Crippen LogP contribution in [0.3, 0.4) is 0 Å². The van der Waals surface area contributed by atoms with Crippen molar-refractivity contribution in [3.05, 3.63) is 29.8 Å². The van der Waals surface area contributed by atoms with Gasteiger partial charge in [0.25, 0.3) is 0 Å². The minimum Gasteiger partial charge on any atom is -0.491 e. The average Bonchev–Trinajstić information content (AvgIpc) is 2.37. The summed E-state index contributed by atoms with van der Waals surface area (Å²) in [5.74, 6) is 0.806. The monoisotopic (exact) mass is 264 g/mol. The van der Waals surface area contributed by atoms with Crippen LogP contribution in [0.4, 0.5) is 0 Å². The number of ether oxygens (including phenoxy) is 1. The number of hydrogen-bond donors (Lipinski definition) is 2. The Hall–Kier alpha value is -1.55. The zero-order chi connectivity index (χ0) is 14.4. The van der Waals surface area contributed by atoms with Crippen LogP contribution >= 0.6 is 0 Å². The van der Waals surface area contributed by atoms with E-state index in [1.807, 2.05) is 52.0 Å². The van der Waals surface area contributed by atoms with E-state index in [0.29, 0.717) is 6.61 Å². The van der Waals surface area contributed by atoms with E-state index in [9.17, 15) is 4.79 Å². The summed E-state index contributed by atoms with van der Waals surface area (Å²) in [5.41, 5.74) is 6.97. The summed E-state index contributed by atoms with van der Waals surface area (Å²) in [7, 11) is 0. The lowest BCUT2D eigenvalue weighted by Gasteiger charge is -2.20. The molecule has 0 bridgehead atoms. The Kier molecular flexibility index (Phi) is 5.83. The van der Waals surface area contributed by atoms with Crippen LogP contribution in [-0.2, 0) is 4.79 Å². The van der Waals surface area contributed by atoms with Crippen LogP contribution in [0.25, 0.3) is 0 Å². The van der Waals surface area contributed by atoms with Gasteiger partial charge < -0.3 is 15.8 Å². The molecule has 0 spiro atoms. The molecule has 4 heteroatoms. The number of carbonyl (C=O) groups excluding carboxylic acids is 1. The molecular weight excluding hydrogens is 240 g/mol. The summed E-state index contributed by atoms with van der Waals surface area (Å²) in [4.78, 5) is 11.8. The van der Waals surface area contributed by atoms with Gasteiger partial charge in [0.2, 0.25) is 5.91 Å². The number of aryl methyl sites for hydroxylation is 1.